The fraction of sp³-hybridized carbons (Fsp3) is 0.923. The van der Waals surface area contributed by atoms with Gasteiger partial charge in [0, 0.05) is 13.1 Å². The van der Waals surface area contributed by atoms with Gasteiger partial charge in [0.25, 0.3) is 0 Å². The lowest BCUT2D eigenvalue weighted by Crippen LogP contribution is -2.43. The number of likely N-dealkylation sites (N-methyl/N-ethyl adjacent to an activating group) is 1. The summed E-state index contributed by atoms with van der Waals surface area (Å²) in [5, 5.41) is 3.14. The summed E-state index contributed by atoms with van der Waals surface area (Å²) in [7, 11) is 0. The topological polar surface area (TPSA) is 58.4 Å². The lowest BCUT2D eigenvalue weighted by atomic mass is 10.0. The van der Waals surface area contributed by atoms with Crippen LogP contribution in [-0.2, 0) is 4.79 Å². The Hall–Kier alpha value is -0.610. The summed E-state index contributed by atoms with van der Waals surface area (Å²) in [4.78, 5) is 13.7. The highest BCUT2D eigenvalue weighted by Gasteiger charge is 2.23. The van der Waals surface area contributed by atoms with Gasteiger partial charge in [-0.15, -0.1) is 0 Å². The van der Waals surface area contributed by atoms with Crippen molar-refractivity contribution in [1.82, 2.24) is 10.2 Å². The van der Waals surface area contributed by atoms with Gasteiger partial charge in [-0.1, -0.05) is 20.3 Å². The second-order valence-corrected chi connectivity index (χ2v) is 5.05. The molecule has 0 aliphatic carbocycles. The van der Waals surface area contributed by atoms with Gasteiger partial charge in [-0.2, -0.15) is 0 Å². The number of amides is 1. The van der Waals surface area contributed by atoms with Crippen LogP contribution in [-0.4, -0.2) is 43.0 Å². The number of primary amides is 1. The van der Waals surface area contributed by atoms with E-state index in [0.717, 1.165) is 25.4 Å². The molecule has 2 atom stereocenters. The Morgan fingerprint density at radius 3 is 2.88 bits per heavy atom. The Bertz CT molecular complexity index is 233. The SMILES string of the molecule is CCCC1CCN(CCC(NCC)C(N)=O)C1. The van der Waals surface area contributed by atoms with Crippen molar-refractivity contribution in [1.29, 1.82) is 0 Å². The summed E-state index contributed by atoms with van der Waals surface area (Å²) >= 11 is 0. The second-order valence-electron chi connectivity index (χ2n) is 5.05. The molecule has 0 bridgehead atoms. The summed E-state index contributed by atoms with van der Waals surface area (Å²) < 4.78 is 0. The summed E-state index contributed by atoms with van der Waals surface area (Å²) in [6.07, 6.45) is 4.76. The summed E-state index contributed by atoms with van der Waals surface area (Å²) in [5.74, 6) is 0.641. The maximum Gasteiger partial charge on any atom is 0.234 e. The molecule has 3 N–H and O–H groups in total. The van der Waals surface area contributed by atoms with Gasteiger partial charge < -0.3 is 16.0 Å². The third kappa shape index (κ3) is 5.04. The van der Waals surface area contributed by atoms with E-state index in [-0.39, 0.29) is 11.9 Å². The van der Waals surface area contributed by atoms with Crippen LogP contribution >= 0.6 is 0 Å². The highest BCUT2D eigenvalue weighted by atomic mass is 16.1. The van der Waals surface area contributed by atoms with E-state index in [1.165, 1.54) is 32.4 Å². The molecule has 4 heteroatoms. The Kier molecular flexibility index (Phi) is 6.52. The molecule has 0 aromatic heterocycles. The van der Waals surface area contributed by atoms with Gasteiger partial charge in [-0.25, -0.2) is 0 Å². The highest BCUT2D eigenvalue weighted by molar-refractivity contribution is 5.79. The van der Waals surface area contributed by atoms with Crippen LogP contribution in [0.3, 0.4) is 0 Å². The van der Waals surface area contributed by atoms with Crippen LogP contribution in [0.5, 0.6) is 0 Å². The average Bonchev–Trinajstić information content (AvgIpc) is 2.72. The predicted octanol–water partition coefficient (Wildman–Crippen LogP) is 0.962. The molecule has 1 fully saturated rings. The van der Waals surface area contributed by atoms with Gasteiger partial charge in [0.05, 0.1) is 6.04 Å². The molecule has 1 amide bonds. The molecular weight excluding hydrogens is 214 g/mol. The molecule has 1 aliphatic rings. The largest absolute Gasteiger partial charge is 0.368 e. The third-order valence-corrected chi connectivity index (χ3v) is 3.59. The van der Waals surface area contributed by atoms with Gasteiger partial charge >= 0.3 is 0 Å². The van der Waals surface area contributed by atoms with E-state index in [1.54, 1.807) is 0 Å². The quantitative estimate of drug-likeness (QED) is 0.665. The predicted molar refractivity (Wildman–Crippen MR) is 70.7 cm³/mol. The highest BCUT2D eigenvalue weighted by Crippen LogP contribution is 2.20. The monoisotopic (exact) mass is 241 g/mol. The molecule has 1 rings (SSSR count). The molecular formula is C13H27N3O. The maximum absolute atomic E-state index is 11.2. The number of nitrogens with two attached hydrogens (primary N) is 1. The van der Waals surface area contributed by atoms with Crippen LogP contribution in [0.25, 0.3) is 0 Å². The maximum atomic E-state index is 11.2. The van der Waals surface area contributed by atoms with E-state index in [0.29, 0.717) is 0 Å². The van der Waals surface area contributed by atoms with Crippen molar-refractivity contribution in [2.45, 2.75) is 45.6 Å². The number of likely N-dealkylation sites (tertiary alicyclic amines) is 1. The summed E-state index contributed by atoms with van der Waals surface area (Å²) in [6, 6.07) is -0.162. The van der Waals surface area contributed by atoms with Crippen LogP contribution in [0.1, 0.15) is 39.5 Å². The van der Waals surface area contributed by atoms with Crippen LogP contribution in [0.2, 0.25) is 0 Å². The van der Waals surface area contributed by atoms with E-state index < -0.39 is 0 Å². The molecule has 0 aromatic carbocycles. The standard InChI is InChI=1S/C13H27N3O/c1-3-5-11-6-8-16(10-11)9-7-12(13(14)17)15-4-2/h11-12,15H,3-10H2,1-2H3,(H2,14,17). The van der Waals surface area contributed by atoms with Gasteiger partial charge in [-0.3, -0.25) is 4.79 Å². The van der Waals surface area contributed by atoms with E-state index in [1.807, 2.05) is 6.92 Å². The van der Waals surface area contributed by atoms with Crippen molar-refractivity contribution < 1.29 is 4.79 Å². The molecule has 0 radical (unpaired) electrons. The lowest BCUT2D eigenvalue weighted by Gasteiger charge is -2.20. The van der Waals surface area contributed by atoms with Crippen molar-refractivity contribution in [2.75, 3.05) is 26.2 Å². The fourth-order valence-corrected chi connectivity index (χ4v) is 2.66. The molecule has 2 unspecified atom stereocenters. The zero-order chi connectivity index (χ0) is 12.7. The van der Waals surface area contributed by atoms with Crippen molar-refractivity contribution in [2.24, 2.45) is 11.7 Å². The van der Waals surface area contributed by atoms with Crippen LogP contribution in [0, 0.1) is 5.92 Å². The fourth-order valence-electron chi connectivity index (χ4n) is 2.66. The van der Waals surface area contributed by atoms with Crippen molar-refractivity contribution in [3.63, 3.8) is 0 Å². The third-order valence-electron chi connectivity index (χ3n) is 3.59. The first kappa shape index (κ1) is 14.5. The molecule has 1 saturated heterocycles. The zero-order valence-electron chi connectivity index (χ0n) is 11.2. The van der Waals surface area contributed by atoms with Gasteiger partial charge in [0.1, 0.15) is 0 Å². The smallest absolute Gasteiger partial charge is 0.234 e. The molecule has 17 heavy (non-hydrogen) atoms. The molecule has 0 aromatic rings. The lowest BCUT2D eigenvalue weighted by molar-refractivity contribution is -0.120. The Balaban J connectivity index is 2.23. The molecule has 4 nitrogen and oxygen atoms in total. The first-order valence-corrected chi connectivity index (χ1v) is 6.92. The van der Waals surface area contributed by atoms with Crippen LogP contribution < -0.4 is 11.1 Å². The minimum absolute atomic E-state index is 0.162. The van der Waals surface area contributed by atoms with Crippen molar-refractivity contribution in [3.05, 3.63) is 0 Å². The van der Waals surface area contributed by atoms with Gasteiger partial charge in [0.15, 0.2) is 0 Å². The van der Waals surface area contributed by atoms with Crippen molar-refractivity contribution in [3.8, 4) is 0 Å². The number of carbonyl (C=O) groups excluding carboxylic acids is 1. The Morgan fingerprint density at radius 2 is 2.29 bits per heavy atom. The minimum Gasteiger partial charge on any atom is -0.368 e. The summed E-state index contributed by atoms with van der Waals surface area (Å²) in [5.41, 5.74) is 5.36. The molecule has 100 valence electrons. The molecule has 1 aliphatic heterocycles. The normalized spacial score (nSPS) is 22.8. The number of hydrogen-bond acceptors (Lipinski definition) is 3. The number of hydrogen-bond donors (Lipinski definition) is 2. The summed E-state index contributed by atoms with van der Waals surface area (Å²) in [6.45, 7) is 8.42. The second kappa shape index (κ2) is 7.67. The molecule has 0 spiro atoms. The van der Waals surface area contributed by atoms with E-state index >= 15 is 0 Å². The Labute approximate surface area is 105 Å². The van der Waals surface area contributed by atoms with Gasteiger partial charge in [-0.05, 0) is 38.3 Å². The average molecular weight is 241 g/mol. The van der Waals surface area contributed by atoms with E-state index in [2.05, 4.69) is 17.1 Å². The molecule has 1 heterocycles. The number of nitrogens with zero attached hydrogens (tertiary/aromatic N) is 1. The number of carbonyl (C=O) groups is 1. The zero-order valence-corrected chi connectivity index (χ0v) is 11.2. The first-order valence-electron chi connectivity index (χ1n) is 6.92. The van der Waals surface area contributed by atoms with Crippen LogP contribution in [0.15, 0.2) is 0 Å². The Morgan fingerprint density at radius 1 is 1.53 bits per heavy atom. The first-order chi connectivity index (χ1) is 8.17. The van der Waals surface area contributed by atoms with E-state index in [9.17, 15) is 4.79 Å². The number of nitrogens with one attached hydrogen (secondary N) is 1. The minimum atomic E-state index is -0.226. The van der Waals surface area contributed by atoms with Crippen LogP contribution in [0.4, 0.5) is 0 Å². The van der Waals surface area contributed by atoms with E-state index in [4.69, 9.17) is 5.73 Å². The van der Waals surface area contributed by atoms with Crippen molar-refractivity contribution >= 4 is 5.91 Å². The molecule has 0 saturated carbocycles. The number of rotatable bonds is 8. The van der Waals surface area contributed by atoms with Gasteiger partial charge in [0.2, 0.25) is 5.91 Å².